The smallest absolute Gasteiger partial charge is 0.333 e. The Bertz CT molecular complexity index is 588. The van der Waals surface area contributed by atoms with Crippen LogP contribution in [0.25, 0.3) is 0 Å². The Balaban J connectivity index is 2.24. The Morgan fingerprint density at radius 2 is 2.22 bits per heavy atom. The fraction of sp³-hybridized carbons (Fsp3) is 0.364. The van der Waals surface area contributed by atoms with E-state index >= 15 is 0 Å². The van der Waals surface area contributed by atoms with Gasteiger partial charge in [0, 0.05) is 13.6 Å². The van der Waals surface area contributed by atoms with Crippen molar-refractivity contribution in [3.8, 4) is 0 Å². The molecule has 0 unspecified atom stereocenters. The quantitative estimate of drug-likeness (QED) is 0.682. The Morgan fingerprint density at radius 3 is 2.78 bits per heavy atom. The molecule has 96 valence electrons. The van der Waals surface area contributed by atoms with E-state index in [0.717, 1.165) is 5.56 Å². The summed E-state index contributed by atoms with van der Waals surface area (Å²) in [5.41, 5.74) is 2.81. The number of nitro groups is 1. The van der Waals surface area contributed by atoms with Crippen LogP contribution in [-0.2, 0) is 13.6 Å². The van der Waals surface area contributed by atoms with Gasteiger partial charge in [-0.3, -0.25) is 10.1 Å². The number of aryl methyl sites for hydroxylation is 3. The fourth-order valence-corrected chi connectivity index (χ4v) is 2.67. The number of hydrogen-bond donors (Lipinski definition) is 1. The lowest BCUT2D eigenvalue weighted by molar-refractivity contribution is -0.384. The van der Waals surface area contributed by atoms with Gasteiger partial charge in [0.05, 0.1) is 4.92 Å². The first kappa shape index (κ1) is 12.6. The molecule has 0 aliphatic rings. The Morgan fingerprint density at radius 1 is 1.50 bits per heavy atom. The van der Waals surface area contributed by atoms with E-state index in [1.165, 1.54) is 10.2 Å². The van der Waals surface area contributed by atoms with Crippen LogP contribution in [0, 0.1) is 24.0 Å². The maximum Gasteiger partial charge on any atom is 0.333 e. The number of hydrogen-bond acceptors (Lipinski definition) is 5. The van der Waals surface area contributed by atoms with E-state index in [9.17, 15) is 10.1 Å². The topological polar surface area (TPSA) is 73.0 Å². The van der Waals surface area contributed by atoms with Gasteiger partial charge in [0.15, 0.2) is 0 Å². The lowest BCUT2D eigenvalue weighted by Gasteiger charge is -2.05. The minimum atomic E-state index is -0.398. The summed E-state index contributed by atoms with van der Waals surface area (Å²) >= 11 is 1.62. The van der Waals surface area contributed by atoms with E-state index in [0.29, 0.717) is 18.1 Å². The summed E-state index contributed by atoms with van der Waals surface area (Å²) < 4.78 is 1.51. The van der Waals surface area contributed by atoms with Crippen LogP contribution in [0.1, 0.15) is 16.8 Å². The standard InChI is InChI=1S/C11H14N4O2S/c1-7-5-18-6-9(7)4-12-11-10(15(16)17)8(2)13-14(11)3/h5-6,12H,4H2,1-3H3. The third-order valence-electron chi connectivity index (χ3n) is 2.78. The first-order valence-electron chi connectivity index (χ1n) is 5.44. The SMILES string of the molecule is Cc1cscc1CNc1c([N+](=O)[O-])c(C)nn1C. The van der Waals surface area contributed by atoms with Crippen LogP contribution < -0.4 is 5.32 Å². The van der Waals surface area contributed by atoms with Crippen molar-refractivity contribution in [2.24, 2.45) is 7.05 Å². The fourth-order valence-electron chi connectivity index (χ4n) is 1.81. The zero-order valence-electron chi connectivity index (χ0n) is 10.4. The van der Waals surface area contributed by atoms with Gasteiger partial charge in [0.2, 0.25) is 5.82 Å². The zero-order valence-corrected chi connectivity index (χ0v) is 11.2. The molecule has 0 spiro atoms. The summed E-state index contributed by atoms with van der Waals surface area (Å²) in [5, 5.41) is 22.3. The van der Waals surface area contributed by atoms with Gasteiger partial charge in [-0.25, -0.2) is 4.68 Å². The lowest BCUT2D eigenvalue weighted by Crippen LogP contribution is -2.06. The molecule has 0 saturated carbocycles. The van der Waals surface area contributed by atoms with E-state index in [1.54, 1.807) is 25.3 Å². The molecule has 0 saturated heterocycles. The molecule has 0 aliphatic carbocycles. The number of nitrogens with one attached hydrogen (secondary N) is 1. The minimum absolute atomic E-state index is 0.0467. The maximum atomic E-state index is 11.0. The highest BCUT2D eigenvalue weighted by atomic mass is 32.1. The molecule has 2 rings (SSSR count). The highest BCUT2D eigenvalue weighted by molar-refractivity contribution is 7.08. The van der Waals surface area contributed by atoms with Crippen molar-refractivity contribution in [1.82, 2.24) is 9.78 Å². The van der Waals surface area contributed by atoms with Gasteiger partial charge < -0.3 is 5.32 Å². The second-order valence-electron chi connectivity index (χ2n) is 4.10. The van der Waals surface area contributed by atoms with Crippen molar-refractivity contribution in [1.29, 1.82) is 0 Å². The molecule has 2 aromatic heterocycles. The summed E-state index contributed by atoms with van der Waals surface area (Å²) in [7, 11) is 1.70. The molecule has 0 aromatic carbocycles. The summed E-state index contributed by atoms with van der Waals surface area (Å²) in [6, 6.07) is 0. The highest BCUT2D eigenvalue weighted by Gasteiger charge is 2.23. The average Bonchev–Trinajstić information content (AvgIpc) is 2.79. The molecule has 0 amide bonds. The largest absolute Gasteiger partial charge is 0.360 e. The maximum absolute atomic E-state index is 11.0. The molecule has 7 heteroatoms. The molecule has 18 heavy (non-hydrogen) atoms. The molecule has 0 radical (unpaired) electrons. The highest BCUT2D eigenvalue weighted by Crippen LogP contribution is 2.28. The van der Waals surface area contributed by atoms with Crippen molar-refractivity contribution in [3.05, 3.63) is 37.7 Å². The van der Waals surface area contributed by atoms with E-state index in [2.05, 4.69) is 15.8 Å². The minimum Gasteiger partial charge on any atom is -0.360 e. The van der Waals surface area contributed by atoms with Crippen LogP contribution in [0.3, 0.4) is 0 Å². The van der Waals surface area contributed by atoms with Crippen LogP contribution in [-0.4, -0.2) is 14.7 Å². The van der Waals surface area contributed by atoms with Gasteiger partial charge in [0.1, 0.15) is 5.69 Å². The normalized spacial score (nSPS) is 10.6. The number of thiophene rings is 1. The van der Waals surface area contributed by atoms with Crippen molar-refractivity contribution >= 4 is 22.8 Å². The van der Waals surface area contributed by atoms with Gasteiger partial charge in [-0.1, -0.05) is 0 Å². The molecule has 1 N–H and O–H groups in total. The summed E-state index contributed by atoms with van der Waals surface area (Å²) in [5.74, 6) is 0.447. The number of rotatable bonds is 4. The van der Waals surface area contributed by atoms with Crippen LogP contribution >= 0.6 is 11.3 Å². The first-order chi connectivity index (χ1) is 8.50. The predicted molar refractivity (Wildman–Crippen MR) is 71.0 cm³/mol. The second kappa shape index (κ2) is 4.77. The van der Waals surface area contributed by atoms with Gasteiger partial charge in [0.25, 0.3) is 0 Å². The van der Waals surface area contributed by atoms with Gasteiger partial charge in [-0.2, -0.15) is 16.4 Å². The third kappa shape index (κ3) is 2.21. The van der Waals surface area contributed by atoms with Gasteiger partial charge in [-0.05, 0) is 35.7 Å². The monoisotopic (exact) mass is 266 g/mol. The summed E-state index contributed by atoms with van der Waals surface area (Å²) in [4.78, 5) is 10.6. The molecule has 0 aliphatic heterocycles. The van der Waals surface area contributed by atoms with Crippen LogP contribution in [0.2, 0.25) is 0 Å². The van der Waals surface area contributed by atoms with Gasteiger partial charge in [-0.15, -0.1) is 0 Å². The van der Waals surface area contributed by atoms with Crippen LogP contribution in [0.5, 0.6) is 0 Å². The average molecular weight is 266 g/mol. The number of aromatic nitrogens is 2. The molecule has 0 bridgehead atoms. The first-order valence-corrected chi connectivity index (χ1v) is 6.38. The Hall–Kier alpha value is -1.89. The zero-order chi connectivity index (χ0) is 13.3. The number of nitrogens with zero attached hydrogens (tertiary/aromatic N) is 3. The molecular weight excluding hydrogens is 252 g/mol. The van der Waals surface area contributed by atoms with Crippen molar-refractivity contribution < 1.29 is 4.92 Å². The molecular formula is C11H14N4O2S. The van der Waals surface area contributed by atoms with E-state index in [1.807, 2.05) is 12.3 Å². The lowest BCUT2D eigenvalue weighted by atomic mass is 10.2. The summed E-state index contributed by atoms with van der Waals surface area (Å²) in [6.07, 6.45) is 0. The molecule has 0 fully saturated rings. The van der Waals surface area contributed by atoms with Crippen LogP contribution in [0.4, 0.5) is 11.5 Å². The predicted octanol–water partition coefficient (Wildman–Crippen LogP) is 2.62. The van der Waals surface area contributed by atoms with E-state index < -0.39 is 4.92 Å². The van der Waals surface area contributed by atoms with Gasteiger partial charge >= 0.3 is 5.69 Å². The molecule has 6 nitrogen and oxygen atoms in total. The third-order valence-corrected chi connectivity index (χ3v) is 3.69. The summed E-state index contributed by atoms with van der Waals surface area (Å²) in [6.45, 7) is 4.23. The van der Waals surface area contributed by atoms with Crippen molar-refractivity contribution in [3.63, 3.8) is 0 Å². The van der Waals surface area contributed by atoms with E-state index in [-0.39, 0.29) is 5.69 Å². The Kier molecular flexibility index (Phi) is 3.33. The molecule has 0 atom stereocenters. The Labute approximate surface area is 108 Å². The number of anilines is 1. The van der Waals surface area contributed by atoms with Crippen molar-refractivity contribution in [2.75, 3.05) is 5.32 Å². The van der Waals surface area contributed by atoms with Crippen molar-refractivity contribution in [2.45, 2.75) is 20.4 Å². The molecule has 2 heterocycles. The second-order valence-corrected chi connectivity index (χ2v) is 4.84. The van der Waals surface area contributed by atoms with Crippen LogP contribution in [0.15, 0.2) is 10.8 Å². The molecule has 2 aromatic rings. The van der Waals surface area contributed by atoms with E-state index in [4.69, 9.17) is 0 Å².